The first kappa shape index (κ1) is 10.3. The van der Waals surface area contributed by atoms with E-state index in [4.69, 9.17) is 0 Å². The molecule has 2 heteroatoms. The molecule has 0 aromatic heterocycles. The molecule has 0 aliphatic heterocycles. The fourth-order valence-electron chi connectivity index (χ4n) is 1.01. The van der Waals surface area contributed by atoms with E-state index in [2.05, 4.69) is 70.9 Å². The summed E-state index contributed by atoms with van der Waals surface area (Å²) in [4.78, 5) is 0. The van der Waals surface area contributed by atoms with Crippen LogP contribution in [0, 0.1) is 0 Å². The van der Waals surface area contributed by atoms with Gasteiger partial charge in [-0.3, -0.25) is 0 Å². The Balaban J connectivity index is 3.18. The first-order chi connectivity index (χ1) is 5.39. The molecule has 0 aliphatic rings. The van der Waals surface area contributed by atoms with Crippen LogP contribution in [0.4, 0.5) is 0 Å². The molecule has 0 N–H and O–H groups in total. The average Bonchev–Trinajstić information content (AvgIpc) is 1.82. The fourth-order valence-corrected chi connectivity index (χ4v) is 2.47. The fraction of sp³-hybridized carbons (Fsp3) is 0.400. The Kier molecular flexibility index (Phi) is 3.03. The Morgan fingerprint density at radius 2 is 1.75 bits per heavy atom. The maximum atomic E-state index is 3.50. The molecule has 0 atom stereocenters. The van der Waals surface area contributed by atoms with E-state index in [9.17, 15) is 0 Å². The summed E-state index contributed by atoms with van der Waals surface area (Å²) in [6.07, 6.45) is 0. The van der Waals surface area contributed by atoms with E-state index in [1.54, 1.807) is 0 Å². The van der Waals surface area contributed by atoms with Crippen molar-refractivity contribution in [2.45, 2.75) is 26.2 Å². The molecule has 0 aliphatic carbocycles. The van der Waals surface area contributed by atoms with Gasteiger partial charge in [0.1, 0.15) is 0 Å². The van der Waals surface area contributed by atoms with E-state index in [-0.39, 0.29) is 5.41 Å². The summed E-state index contributed by atoms with van der Waals surface area (Å²) in [7, 11) is 0. The van der Waals surface area contributed by atoms with Crippen LogP contribution in [0.2, 0.25) is 0 Å². The van der Waals surface area contributed by atoms with Crippen molar-refractivity contribution >= 4 is 36.4 Å². The van der Waals surface area contributed by atoms with E-state index < -0.39 is 0 Å². The van der Waals surface area contributed by atoms with Crippen molar-refractivity contribution in [3.05, 3.63) is 28.2 Å². The molecule has 1 aromatic rings. The molecule has 12 heavy (non-hydrogen) atoms. The van der Waals surface area contributed by atoms with Crippen molar-refractivity contribution in [1.82, 2.24) is 0 Å². The minimum atomic E-state index is 0.235. The third kappa shape index (κ3) is 2.62. The Morgan fingerprint density at radius 1 is 1.17 bits per heavy atom. The molecule has 0 heterocycles. The summed E-state index contributed by atoms with van der Waals surface area (Å²) in [5, 5.41) is 0. The van der Waals surface area contributed by atoms with Gasteiger partial charge < -0.3 is 0 Å². The number of benzene rings is 1. The second-order valence-corrected chi connectivity index (χ2v) is 5.95. The molecule has 0 unspecified atom stereocenters. The summed E-state index contributed by atoms with van der Waals surface area (Å²) in [6, 6.07) is 6.50. The summed E-state index contributed by atoms with van der Waals surface area (Å²) in [5.41, 5.74) is 1.60. The molecule has 0 radical (unpaired) electrons. The van der Waals surface area contributed by atoms with E-state index in [1.165, 1.54) is 10.0 Å². The van der Waals surface area contributed by atoms with Gasteiger partial charge in [0.2, 0.25) is 0 Å². The number of hydrogen-bond donors (Lipinski definition) is 0. The molecule has 0 nitrogen and oxygen atoms in total. The van der Waals surface area contributed by atoms with E-state index >= 15 is 0 Å². The standard InChI is InChI=1S/C10H13BrSe/c1-10(2,3)7-4-8(11)6-9(12)5-7/h4-6,12H,1-3H3. The third-order valence-electron chi connectivity index (χ3n) is 1.75. The molecule has 1 aromatic carbocycles. The Morgan fingerprint density at radius 3 is 2.17 bits per heavy atom. The molecule has 0 saturated heterocycles. The van der Waals surface area contributed by atoms with Crippen LogP contribution in [0.3, 0.4) is 0 Å². The molecule has 0 spiro atoms. The molecule has 0 bridgehead atoms. The van der Waals surface area contributed by atoms with Crippen LogP contribution >= 0.6 is 15.9 Å². The van der Waals surface area contributed by atoms with E-state index in [0.717, 1.165) is 4.47 Å². The van der Waals surface area contributed by atoms with Gasteiger partial charge in [-0.25, -0.2) is 0 Å². The van der Waals surface area contributed by atoms with Crippen molar-refractivity contribution in [2.24, 2.45) is 0 Å². The van der Waals surface area contributed by atoms with Gasteiger partial charge in [0, 0.05) is 0 Å². The Labute approximate surface area is 90.7 Å². The number of hydrogen-bond acceptors (Lipinski definition) is 0. The van der Waals surface area contributed by atoms with Gasteiger partial charge in [-0.15, -0.1) is 0 Å². The zero-order chi connectivity index (χ0) is 9.35. The molecular formula is C10H13BrSe. The van der Waals surface area contributed by atoms with E-state index in [1.807, 2.05) is 0 Å². The SMILES string of the molecule is CC(C)(C)c1cc([SeH])cc(Br)c1. The topological polar surface area (TPSA) is 0 Å². The second kappa shape index (κ2) is 3.53. The third-order valence-corrected chi connectivity index (χ3v) is 2.75. The Hall–Kier alpha value is 0.219. The summed E-state index contributed by atoms with van der Waals surface area (Å²) in [5.74, 6) is 0. The summed E-state index contributed by atoms with van der Waals surface area (Å²) in [6.45, 7) is 6.67. The molecule has 0 fully saturated rings. The average molecular weight is 292 g/mol. The van der Waals surface area contributed by atoms with Gasteiger partial charge in [-0.05, 0) is 0 Å². The summed E-state index contributed by atoms with van der Waals surface area (Å²) < 4.78 is 2.41. The van der Waals surface area contributed by atoms with Crippen LogP contribution < -0.4 is 4.46 Å². The van der Waals surface area contributed by atoms with Crippen molar-refractivity contribution in [2.75, 3.05) is 0 Å². The number of halogens is 1. The zero-order valence-corrected chi connectivity index (χ0v) is 11.0. The van der Waals surface area contributed by atoms with Gasteiger partial charge in [0.25, 0.3) is 0 Å². The second-order valence-electron chi connectivity index (χ2n) is 3.95. The van der Waals surface area contributed by atoms with Gasteiger partial charge in [-0.1, -0.05) is 0 Å². The molecule has 66 valence electrons. The van der Waals surface area contributed by atoms with Crippen LogP contribution in [0.15, 0.2) is 22.7 Å². The van der Waals surface area contributed by atoms with Crippen LogP contribution in [0.5, 0.6) is 0 Å². The molecule has 0 amide bonds. The zero-order valence-electron chi connectivity index (χ0n) is 7.56. The van der Waals surface area contributed by atoms with Gasteiger partial charge >= 0.3 is 90.8 Å². The number of rotatable bonds is 0. The first-order valence-electron chi connectivity index (χ1n) is 3.89. The van der Waals surface area contributed by atoms with Crippen LogP contribution in [0.25, 0.3) is 0 Å². The van der Waals surface area contributed by atoms with Crippen molar-refractivity contribution in [3.8, 4) is 0 Å². The maximum absolute atomic E-state index is 3.50. The first-order valence-corrected chi connectivity index (χ1v) is 5.63. The van der Waals surface area contributed by atoms with Gasteiger partial charge in [0.05, 0.1) is 0 Å². The molecular weight excluding hydrogens is 279 g/mol. The normalized spacial score (nSPS) is 11.8. The van der Waals surface area contributed by atoms with Crippen LogP contribution in [-0.4, -0.2) is 16.0 Å². The van der Waals surface area contributed by atoms with Crippen LogP contribution in [-0.2, 0) is 5.41 Å². The van der Waals surface area contributed by atoms with E-state index in [0.29, 0.717) is 0 Å². The van der Waals surface area contributed by atoms with Crippen LogP contribution in [0.1, 0.15) is 26.3 Å². The van der Waals surface area contributed by atoms with Gasteiger partial charge in [-0.2, -0.15) is 0 Å². The van der Waals surface area contributed by atoms with Gasteiger partial charge in [0.15, 0.2) is 0 Å². The predicted octanol–water partition coefficient (Wildman–Crippen LogP) is 2.27. The predicted molar refractivity (Wildman–Crippen MR) is 59.6 cm³/mol. The Bertz CT molecular complexity index is 266. The molecule has 1 rings (SSSR count). The quantitative estimate of drug-likeness (QED) is 0.644. The molecule has 0 saturated carbocycles. The van der Waals surface area contributed by atoms with Crippen molar-refractivity contribution in [1.29, 1.82) is 0 Å². The monoisotopic (exact) mass is 292 g/mol. The minimum absolute atomic E-state index is 0.235. The summed E-state index contributed by atoms with van der Waals surface area (Å²) >= 11 is 6.07. The van der Waals surface area contributed by atoms with Crippen molar-refractivity contribution < 1.29 is 0 Å². The van der Waals surface area contributed by atoms with Crippen molar-refractivity contribution in [3.63, 3.8) is 0 Å².